The van der Waals surface area contributed by atoms with E-state index in [0.29, 0.717) is 19.1 Å². The lowest BCUT2D eigenvalue weighted by Crippen LogP contribution is -2.28. The molecule has 0 atom stereocenters. The Kier molecular flexibility index (Phi) is 6.41. The molecule has 138 valence electrons. The monoisotopic (exact) mass is 363 g/mol. The molecule has 0 aliphatic carbocycles. The highest BCUT2D eigenvalue weighted by atomic mass is 32.2. The lowest BCUT2D eigenvalue weighted by Gasteiger charge is -2.22. The summed E-state index contributed by atoms with van der Waals surface area (Å²) < 4.78 is 27.3. The zero-order valence-electron chi connectivity index (χ0n) is 15.8. The van der Waals surface area contributed by atoms with Crippen LogP contribution < -0.4 is 0 Å². The molecule has 2 aromatic rings. The summed E-state index contributed by atoms with van der Waals surface area (Å²) >= 11 is 0. The van der Waals surface area contributed by atoms with Crippen molar-refractivity contribution >= 4 is 9.84 Å². The van der Waals surface area contributed by atoms with Crippen molar-refractivity contribution in [2.75, 3.05) is 7.05 Å². The molecule has 5 nitrogen and oxygen atoms in total. The van der Waals surface area contributed by atoms with E-state index in [9.17, 15) is 8.42 Å². The van der Waals surface area contributed by atoms with Gasteiger partial charge in [0.25, 0.3) is 0 Å². The highest BCUT2D eigenvalue weighted by Crippen LogP contribution is 2.19. The molecule has 0 radical (unpaired) electrons. The minimum absolute atomic E-state index is 0.186. The third-order valence-corrected chi connectivity index (χ3v) is 6.61. The van der Waals surface area contributed by atoms with Gasteiger partial charge in [-0.05, 0) is 46.7 Å². The standard InChI is InChI=1S/C19H29N3O2S/c1-15(2)21(5)14-18-13-20-19(25(23,24)16(3)4)22(18)12-11-17-9-7-6-8-10-17/h6-10,13,15-16H,11-12,14H2,1-5H3. The van der Waals surface area contributed by atoms with Gasteiger partial charge >= 0.3 is 0 Å². The first-order valence-corrected chi connectivity index (χ1v) is 10.3. The van der Waals surface area contributed by atoms with Gasteiger partial charge in [0.2, 0.25) is 15.0 Å². The number of rotatable bonds is 8. The van der Waals surface area contributed by atoms with E-state index >= 15 is 0 Å². The molecule has 0 N–H and O–H groups in total. The average Bonchev–Trinajstić information content (AvgIpc) is 2.97. The number of benzene rings is 1. The van der Waals surface area contributed by atoms with Crippen molar-refractivity contribution in [3.05, 3.63) is 47.8 Å². The second kappa shape index (κ2) is 8.15. The molecule has 0 amide bonds. The lowest BCUT2D eigenvalue weighted by molar-refractivity contribution is 0.257. The van der Waals surface area contributed by atoms with Crippen LogP contribution in [0.15, 0.2) is 41.7 Å². The molecule has 25 heavy (non-hydrogen) atoms. The smallest absolute Gasteiger partial charge is 0.228 e. The largest absolute Gasteiger partial charge is 0.317 e. The van der Waals surface area contributed by atoms with Crippen LogP contribution >= 0.6 is 0 Å². The zero-order valence-corrected chi connectivity index (χ0v) is 16.6. The maximum Gasteiger partial charge on any atom is 0.228 e. The van der Waals surface area contributed by atoms with Gasteiger partial charge in [0, 0.05) is 19.1 Å². The van der Waals surface area contributed by atoms with Gasteiger partial charge in [-0.3, -0.25) is 4.90 Å². The van der Waals surface area contributed by atoms with Gasteiger partial charge in [0.1, 0.15) is 0 Å². The van der Waals surface area contributed by atoms with E-state index in [-0.39, 0.29) is 5.16 Å². The molecule has 2 rings (SSSR count). The Bertz CT molecular complexity index is 780. The summed E-state index contributed by atoms with van der Waals surface area (Å²) in [5.74, 6) is 0. The van der Waals surface area contributed by atoms with E-state index in [4.69, 9.17) is 0 Å². The summed E-state index contributed by atoms with van der Waals surface area (Å²) in [5.41, 5.74) is 2.12. The van der Waals surface area contributed by atoms with E-state index in [0.717, 1.165) is 12.1 Å². The number of imidazole rings is 1. The first-order chi connectivity index (χ1) is 11.7. The van der Waals surface area contributed by atoms with Crippen LogP contribution in [-0.2, 0) is 29.3 Å². The van der Waals surface area contributed by atoms with E-state index < -0.39 is 15.1 Å². The first-order valence-electron chi connectivity index (χ1n) is 8.76. The molecule has 0 bridgehead atoms. The molecule has 6 heteroatoms. The van der Waals surface area contributed by atoms with E-state index in [1.807, 2.05) is 29.8 Å². The number of hydrogen-bond acceptors (Lipinski definition) is 4. The van der Waals surface area contributed by atoms with Crippen LogP contribution in [0.25, 0.3) is 0 Å². The predicted molar refractivity (Wildman–Crippen MR) is 101 cm³/mol. The maximum absolute atomic E-state index is 12.7. The molecule has 1 aromatic heterocycles. The van der Waals surface area contributed by atoms with Gasteiger partial charge in [-0.25, -0.2) is 13.4 Å². The molecule has 0 spiro atoms. The summed E-state index contributed by atoms with van der Waals surface area (Å²) in [6.07, 6.45) is 2.48. The fourth-order valence-electron chi connectivity index (χ4n) is 2.52. The SMILES string of the molecule is CC(C)N(C)Cc1cnc(S(=O)(=O)C(C)C)n1CCc1ccccc1. The summed E-state index contributed by atoms with van der Waals surface area (Å²) in [5, 5.41) is -0.299. The van der Waals surface area contributed by atoms with Crippen molar-refractivity contribution in [1.29, 1.82) is 0 Å². The second-order valence-corrected chi connectivity index (χ2v) is 9.42. The van der Waals surface area contributed by atoms with Crippen LogP contribution in [0.4, 0.5) is 0 Å². The third kappa shape index (κ3) is 4.70. The van der Waals surface area contributed by atoms with Crippen molar-refractivity contribution in [2.24, 2.45) is 0 Å². The van der Waals surface area contributed by atoms with Crippen molar-refractivity contribution in [3.8, 4) is 0 Å². The molecular weight excluding hydrogens is 334 g/mol. The van der Waals surface area contributed by atoms with Crippen LogP contribution in [0, 0.1) is 0 Å². The van der Waals surface area contributed by atoms with Crippen molar-refractivity contribution in [2.45, 2.75) is 63.7 Å². The molecule has 0 saturated carbocycles. The molecule has 1 heterocycles. The molecule has 0 fully saturated rings. The van der Waals surface area contributed by atoms with Crippen LogP contribution in [0.1, 0.15) is 39.0 Å². The van der Waals surface area contributed by atoms with E-state index in [2.05, 4.69) is 35.9 Å². The van der Waals surface area contributed by atoms with Crippen molar-refractivity contribution in [1.82, 2.24) is 14.5 Å². The van der Waals surface area contributed by atoms with Crippen LogP contribution in [0.2, 0.25) is 0 Å². The van der Waals surface area contributed by atoms with Gasteiger partial charge in [-0.15, -0.1) is 0 Å². The zero-order chi connectivity index (χ0) is 18.6. The van der Waals surface area contributed by atoms with Gasteiger partial charge < -0.3 is 4.57 Å². The third-order valence-electron chi connectivity index (χ3n) is 4.54. The van der Waals surface area contributed by atoms with Gasteiger partial charge in [-0.2, -0.15) is 0 Å². The van der Waals surface area contributed by atoms with Crippen LogP contribution in [-0.4, -0.2) is 41.2 Å². The Labute approximate surface area is 151 Å². The lowest BCUT2D eigenvalue weighted by atomic mass is 10.1. The van der Waals surface area contributed by atoms with E-state index in [1.165, 1.54) is 5.56 Å². The number of aryl methyl sites for hydroxylation is 1. The normalized spacial score (nSPS) is 12.5. The number of hydrogen-bond donors (Lipinski definition) is 0. The quantitative estimate of drug-likeness (QED) is 0.723. The Morgan fingerprint density at radius 3 is 2.32 bits per heavy atom. The van der Waals surface area contributed by atoms with Crippen LogP contribution in [0.3, 0.4) is 0 Å². The van der Waals surface area contributed by atoms with Gasteiger partial charge in [0.05, 0.1) is 17.1 Å². The van der Waals surface area contributed by atoms with Gasteiger partial charge in [0.15, 0.2) is 0 Å². The second-order valence-electron chi connectivity index (χ2n) is 7.02. The number of aromatic nitrogens is 2. The molecule has 0 saturated heterocycles. The highest BCUT2D eigenvalue weighted by Gasteiger charge is 2.27. The summed E-state index contributed by atoms with van der Waals surface area (Å²) in [6.45, 7) is 8.92. The highest BCUT2D eigenvalue weighted by molar-refractivity contribution is 7.91. The Hall–Kier alpha value is -1.66. The molecule has 1 aromatic carbocycles. The molecule has 0 unspecified atom stereocenters. The average molecular weight is 364 g/mol. The summed E-state index contributed by atoms with van der Waals surface area (Å²) in [4.78, 5) is 6.46. The molecular formula is C19H29N3O2S. The van der Waals surface area contributed by atoms with Crippen molar-refractivity contribution in [3.63, 3.8) is 0 Å². The Morgan fingerprint density at radius 1 is 1.12 bits per heavy atom. The summed E-state index contributed by atoms with van der Waals surface area (Å²) in [6, 6.07) is 10.5. The minimum Gasteiger partial charge on any atom is -0.317 e. The minimum atomic E-state index is -3.41. The summed E-state index contributed by atoms with van der Waals surface area (Å²) in [7, 11) is -1.38. The van der Waals surface area contributed by atoms with Crippen LogP contribution in [0.5, 0.6) is 0 Å². The Balaban J connectivity index is 2.35. The molecule has 0 aliphatic heterocycles. The topological polar surface area (TPSA) is 55.2 Å². The number of sulfone groups is 1. The number of nitrogens with zero attached hydrogens (tertiary/aromatic N) is 3. The fraction of sp³-hybridized carbons (Fsp3) is 0.526. The molecule has 0 aliphatic rings. The van der Waals surface area contributed by atoms with Gasteiger partial charge in [-0.1, -0.05) is 30.3 Å². The fourth-order valence-corrected chi connectivity index (χ4v) is 3.66. The predicted octanol–water partition coefficient (Wildman–Crippen LogP) is 3.15. The van der Waals surface area contributed by atoms with Crippen molar-refractivity contribution < 1.29 is 8.42 Å². The Morgan fingerprint density at radius 2 is 1.76 bits per heavy atom. The maximum atomic E-state index is 12.7. The van der Waals surface area contributed by atoms with E-state index in [1.54, 1.807) is 20.0 Å². The first kappa shape index (κ1) is 19.7.